The third kappa shape index (κ3) is 4.22. The van der Waals surface area contributed by atoms with Crippen LogP contribution in [0.1, 0.15) is 39.2 Å². The minimum absolute atomic E-state index is 0.118. The van der Waals surface area contributed by atoms with Gasteiger partial charge in [-0.1, -0.05) is 37.3 Å². The van der Waals surface area contributed by atoms with E-state index in [1.165, 1.54) is 10.4 Å². The number of nitrogens with one attached hydrogen (secondary N) is 1. The van der Waals surface area contributed by atoms with Gasteiger partial charge in [0.25, 0.3) is 5.91 Å². The lowest BCUT2D eigenvalue weighted by Gasteiger charge is -2.15. The number of aromatic amines is 1. The first-order chi connectivity index (χ1) is 12.6. The Bertz CT molecular complexity index is 867. The van der Waals surface area contributed by atoms with Crippen LogP contribution in [0.5, 0.6) is 0 Å². The Labute approximate surface area is 158 Å². The number of carbonyl (C=O) groups is 1. The monoisotopic (exact) mass is 367 g/mol. The number of aromatic nitrogens is 2. The van der Waals surface area contributed by atoms with E-state index in [1.807, 2.05) is 36.2 Å². The molecule has 4 nitrogen and oxygen atoms in total. The van der Waals surface area contributed by atoms with Crippen LogP contribution in [0, 0.1) is 6.92 Å². The summed E-state index contributed by atoms with van der Waals surface area (Å²) in [6.07, 6.45) is 2.77. The number of H-pyrrole nitrogens is 1. The average molecular weight is 368 g/mol. The Kier molecular flexibility index (Phi) is 5.89. The van der Waals surface area contributed by atoms with Gasteiger partial charge in [-0.05, 0) is 43.9 Å². The van der Waals surface area contributed by atoms with Crippen LogP contribution in [0.4, 0.5) is 0 Å². The van der Waals surface area contributed by atoms with Gasteiger partial charge in [-0.3, -0.25) is 9.89 Å². The Morgan fingerprint density at radius 1 is 1.23 bits per heavy atom. The molecule has 0 bridgehead atoms. The number of amides is 1. The van der Waals surface area contributed by atoms with Crippen molar-refractivity contribution >= 4 is 17.2 Å². The molecule has 1 N–H and O–H groups in total. The van der Waals surface area contributed by atoms with Crippen molar-refractivity contribution in [2.45, 2.75) is 33.1 Å². The summed E-state index contributed by atoms with van der Waals surface area (Å²) in [6.45, 7) is 4.94. The fraction of sp³-hybridized carbons (Fsp3) is 0.333. The van der Waals surface area contributed by atoms with E-state index in [4.69, 9.17) is 0 Å². The normalized spacial score (nSPS) is 10.9. The zero-order valence-electron chi connectivity index (χ0n) is 15.6. The Hall–Kier alpha value is -2.40. The van der Waals surface area contributed by atoms with E-state index in [-0.39, 0.29) is 5.91 Å². The fourth-order valence-corrected chi connectivity index (χ4v) is 4.13. The predicted octanol–water partition coefficient (Wildman–Crippen LogP) is 4.71. The van der Waals surface area contributed by atoms with Crippen molar-refractivity contribution in [2.24, 2.45) is 0 Å². The van der Waals surface area contributed by atoms with Crippen molar-refractivity contribution in [1.82, 2.24) is 15.1 Å². The summed E-state index contributed by atoms with van der Waals surface area (Å²) in [6, 6.07) is 14.3. The summed E-state index contributed by atoms with van der Waals surface area (Å²) in [5, 5.41) is 7.49. The minimum Gasteiger partial charge on any atom is -0.341 e. The Balaban J connectivity index is 1.53. The van der Waals surface area contributed by atoms with E-state index >= 15 is 0 Å². The highest BCUT2D eigenvalue weighted by Gasteiger charge is 2.15. The molecule has 0 atom stereocenters. The molecular weight excluding hydrogens is 342 g/mol. The number of nitrogens with zero attached hydrogens (tertiary/aromatic N) is 2. The molecule has 0 spiro atoms. The number of carbonyl (C=O) groups excluding carboxylic acids is 1. The van der Waals surface area contributed by atoms with Gasteiger partial charge >= 0.3 is 0 Å². The topological polar surface area (TPSA) is 49.0 Å². The van der Waals surface area contributed by atoms with E-state index < -0.39 is 0 Å². The zero-order chi connectivity index (χ0) is 18.5. The SMILES string of the molecule is CCc1sc(C(=O)N(C)CCCc2cc(-c3ccccc3)n[nH]2)cc1C. The second-order valence-electron chi connectivity index (χ2n) is 6.55. The molecule has 2 aromatic heterocycles. The van der Waals surface area contributed by atoms with Gasteiger partial charge in [0.05, 0.1) is 10.6 Å². The molecular formula is C21H25N3OS. The predicted molar refractivity (Wildman–Crippen MR) is 108 cm³/mol. The molecule has 0 unspecified atom stereocenters. The van der Waals surface area contributed by atoms with Gasteiger partial charge < -0.3 is 4.90 Å². The van der Waals surface area contributed by atoms with Crippen molar-refractivity contribution < 1.29 is 4.79 Å². The largest absolute Gasteiger partial charge is 0.341 e. The number of hydrogen-bond donors (Lipinski definition) is 1. The van der Waals surface area contributed by atoms with Gasteiger partial charge in [0.1, 0.15) is 0 Å². The van der Waals surface area contributed by atoms with E-state index in [9.17, 15) is 4.79 Å². The maximum absolute atomic E-state index is 12.6. The lowest BCUT2D eigenvalue weighted by Crippen LogP contribution is -2.27. The molecule has 136 valence electrons. The first-order valence-corrected chi connectivity index (χ1v) is 9.84. The molecule has 0 saturated carbocycles. The number of rotatable bonds is 7. The molecule has 3 rings (SSSR count). The number of hydrogen-bond acceptors (Lipinski definition) is 3. The van der Waals surface area contributed by atoms with Gasteiger partial charge in [0, 0.05) is 29.7 Å². The molecule has 1 amide bonds. The van der Waals surface area contributed by atoms with Crippen LogP contribution in [0.25, 0.3) is 11.3 Å². The molecule has 0 fully saturated rings. The summed E-state index contributed by atoms with van der Waals surface area (Å²) in [5.41, 5.74) is 4.40. The second kappa shape index (κ2) is 8.32. The van der Waals surface area contributed by atoms with Crippen LogP contribution in [0.15, 0.2) is 42.5 Å². The molecule has 2 heterocycles. The van der Waals surface area contributed by atoms with Gasteiger partial charge in [-0.15, -0.1) is 11.3 Å². The highest BCUT2D eigenvalue weighted by atomic mass is 32.1. The van der Waals surface area contributed by atoms with Gasteiger partial charge in [-0.2, -0.15) is 5.10 Å². The number of aryl methyl sites for hydroxylation is 3. The van der Waals surface area contributed by atoms with Gasteiger partial charge in [0.15, 0.2) is 0 Å². The molecule has 3 aromatic rings. The summed E-state index contributed by atoms with van der Waals surface area (Å²) in [4.78, 5) is 16.5. The minimum atomic E-state index is 0.118. The smallest absolute Gasteiger partial charge is 0.263 e. The van der Waals surface area contributed by atoms with Crippen molar-refractivity contribution in [3.05, 3.63) is 63.5 Å². The average Bonchev–Trinajstić information content (AvgIpc) is 3.28. The lowest BCUT2D eigenvalue weighted by molar-refractivity contribution is 0.0798. The summed E-state index contributed by atoms with van der Waals surface area (Å²) < 4.78 is 0. The van der Waals surface area contributed by atoms with Crippen molar-refractivity contribution in [1.29, 1.82) is 0 Å². The van der Waals surface area contributed by atoms with Crippen molar-refractivity contribution in [3.8, 4) is 11.3 Å². The van der Waals surface area contributed by atoms with E-state index in [0.717, 1.165) is 47.6 Å². The van der Waals surface area contributed by atoms with Crippen LogP contribution in [0.3, 0.4) is 0 Å². The fourth-order valence-electron chi connectivity index (χ4n) is 3.02. The third-order valence-electron chi connectivity index (χ3n) is 4.54. The van der Waals surface area contributed by atoms with Gasteiger partial charge in [-0.25, -0.2) is 0 Å². The summed E-state index contributed by atoms with van der Waals surface area (Å²) in [5.74, 6) is 0.118. The van der Waals surface area contributed by atoms with Crippen LogP contribution >= 0.6 is 11.3 Å². The molecule has 26 heavy (non-hydrogen) atoms. The molecule has 5 heteroatoms. The van der Waals surface area contributed by atoms with Crippen molar-refractivity contribution in [2.75, 3.05) is 13.6 Å². The second-order valence-corrected chi connectivity index (χ2v) is 7.68. The number of thiophene rings is 1. The van der Waals surface area contributed by atoms with Crippen LogP contribution in [-0.4, -0.2) is 34.6 Å². The molecule has 0 radical (unpaired) electrons. The molecule has 0 aliphatic rings. The van der Waals surface area contributed by atoms with Crippen LogP contribution in [-0.2, 0) is 12.8 Å². The third-order valence-corrected chi connectivity index (χ3v) is 5.91. The van der Waals surface area contributed by atoms with E-state index in [1.54, 1.807) is 11.3 Å². The maximum Gasteiger partial charge on any atom is 0.263 e. The maximum atomic E-state index is 12.6. The number of benzene rings is 1. The molecule has 0 saturated heterocycles. The van der Waals surface area contributed by atoms with E-state index in [2.05, 4.69) is 42.2 Å². The molecule has 0 aliphatic carbocycles. The van der Waals surface area contributed by atoms with E-state index in [0.29, 0.717) is 0 Å². The van der Waals surface area contributed by atoms with Gasteiger partial charge in [0.2, 0.25) is 0 Å². The quantitative estimate of drug-likeness (QED) is 0.657. The highest BCUT2D eigenvalue weighted by molar-refractivity contribution is 7.14. The first-order valence-electron chi connectivity index (χ1n) is 9.03. The standard InChI is InChI=1S/C21H25N3OS/c1-4-19-15(2)13-20(26-19)21(25)24(3)12-8-11-17-14-18(23-22-17)16-9-6-5-7-10-16/h5-7,9-10,13-14H,4,8,11-12H2,1-3H3,(H,22,23). The van der Waals surface area contributed by atoms with Crippen LogP contribution < -0.4 is 0 Å². The zero-order valence-corrected chi connectivity index (χ0v) is 16.4. The lowest BCUT2D eigenvalue weighted by atomic mass is 10.1. The Morgan fingerprint density at radius 3 is 2.69 bits per heavy atom. The first kappa shape index (κ1) is 18.4. The molecule has 1 aromatic carbocycles. The van der Waals surface area contributed by atoms with Crippen molar-refractivity contribution in [3.63, 3.8) is 0 Å². The summed E-state index contributed by atoms with van der Waals surface area (Å²) >= 11 is 1.62. The highest BCUT2D eigenvalue weighted by Crippen LogP contribution is 2.23. The summed E-state index contributed by atoms with van der Waals surface area (Å²) in [7, 11) is 1.88. The Morgan fingerprint density at radius 2 is 2.00 bits per heavy atom. The molecule has 0 aliphatic heterocycles. The van der Waals surface area contributed by atoms with Crippen LogP contribution in [0.2, 0.25) is 0 Å².